The molecule has 0 aliphatic rings. The monoisotopic (exact) mass is 274 g/mol. The van der Waals surface area contributed by atoms with Crippen LogP contribution in [0, 0.1) is 17.2 Å². The number of hydrogen-bond acceptors (Lipinski definition) is 4. The molecule has 0 spiro atoms. The molecule has 108 valence electrons. The molecule has 0 aromatic heterocycles. The molecule has 0 fully saturated rings. The Morgan fingerprint density at radius 1 is 1.35 bits per heavy atom. The minimum atomic E-state index is -0.323. The molecule has 1 aromatic carbocycles. The second kappa shape index (κ2) is 7.66. The van der Waals surface area contributed by atoms with E-state index in [9.17, 15) is 4.79 Å². The maximum Gasteiger partial charge on any atom is 0.323 e. The van der Waals surface area contributed by atoms with Crippen LogP contribution in [0.2, 0.25) is 0 Å². The van der Waals surface area contributed by atoms with Gasteiger partial charge >= 0.3 is 5.97 Å². The minimum absolute atomic E-state index is 0.0147. The number of nitriles is 1. The average Bonchev–Trinajstić information content (AvgIpc) is 2.50. The summed E-state index contributed by atoms with van der Waals surface area (Å²) < 4.78 is 4.86. The van der Waals surface area contributed by atoms with Crippen LogP contribution in [0.1, 0.15) is 44.4 Å². The predicted molar refractivity (Wildman–Crippen MR) is 78.0 cm³/mol. The second-order valence-electron chi connectivity index (χ2n) is 5.01. The van der Waals surface area contributed by atoms with Crippen molar-refractivity contribution in [3.05, 3.63) is 35.4 Å². The minimum Gasteiger partial charge on any atom is -0.468 e. The fraction of sp³-hybridized carbons (Fsp3) is 0.500. The van der Waals surface area contributed by atoms with E-state index in [1.165, 1.54) is 7.11 Å². The van der Waals surface area contributed by atoms with Gasteiger partial charge in [-0.05, 0) is 30.5 Å². The Hall–Kier alpha value is -1.86. The van der Waals surface area contributed by atoms with Crippen LogP contribution in [0.15, 0.2) is 24.3 Å². The Morgan fingerprint density at radius 3 is 2.40 bits per heavy atom. The molecule has 0 saturated carbocycles. The molecule has 1 rings (SSSR count). The van der Waals surface area contributed by atoms with Gasteiger partial charge in [0.15, 0.2) is 0 Å². The van der Waals surface area contributed by atoms with E-state index in [0.29, 0.717) is 5.56 Å². The zero-order chi connectivity index (χ0) is 15.1. The lowest BCUT2D eigenvalue weighted by atomic mass is 9.97. The SMILES string of the molecule is CCC(C)C(NC(C)c1ccc(C#N)cc1)C(=O)OC. The Bertz CT molecular complexity index is 476. The van der Waals surface area contributed by atoms with Crippen LogP contribution >= 0.6 is 0 Å². The van der Waals surface area contributed by atoms with E-state index in [1.54, 1.807) is 12.1 Å². The van der Waals surface area contributed by atoms with E-state index in [4.69, 9.17) is 10.00 Å². The van der Waals surface area contributed by atoms with Crippen LogP contribution in [0.5, 0.6) is 0 Å². The van der Waals surface area contributed by atoms with Crippen LogP contribution in [0.4, 0.5) is 0 Å². The number of nitrogens with zero attached hydrogens (tertiary/aromatic N) is 1. The van der Waals surface area contributed by atoms with E-state index in [1.807, 2.05) is 26.0 Å². The van der Waals surface area contributed by atoms with E-state index in [-0.39, 0.29) is 24.0 Å². The first-order valence-electron chi connectivity index (χ1n) is 6.87. The lowest BCUT2D eigenvalue weighted by Gasteiger charge is -2.26. The number of esters is 1. The van der Waals surface area contributed by atoms with Crippen LogP contribution in [0.3, 0.4) is 0 Å². The number of nitrogens with one attached hydrogen (secondary N) is 1. The van der Waals surface area contributed by atoms with Crippen LogP contribution in [0.25, 0.3) is 0 Å². The molecule has 0 radical (unpaired) electrons. The number of rotatable bonds is 6. The van der Waals surface area contributed by atoms with Crippen molar-refractivity contribution in [3.8, 4) is 6.07 Å². The topological polar surface area (TPSA) is 62.1 Å². The van der Waals surface area contributed by atoms with Crippen molar-refractivity contribution in [3.63, 3.8) is 0 Å². The van der Waals surface area contributed by atoms with Gasteiger partial charge in [0.25, 0.3) is 0 Å². The molecule has 0 heterocycles. The molecule has 0 bridgehead atoms. The largest absolute Gasteiger partial charge is 0.468 e. The number of ether oxygens (including phenoxy) is 1. The van der Waals surface area contributed by atoms with Crippen molar-refractivity contribution in [2.24, 2.45) is 5.92 Å². The lowest BCUT2D eigenvalue weighted by Crippen LogP contribution is -2.43. The standard InChI is InChI=1S/C16H22N2O2/c1-5-11(2)15(16(19)20-4)18-12(3)14-8-6-13(10-17)7-9-14/h6-9,11-12,15,18H,5H2,1-4H3. The molecule has 0 aliphatic heterocycles. The van der Waals surface area contributed by atoms with Gasteiger partial charge in [0.2, 0.25) is 0 Å². The van der Waals surface area contributed by atoms with Crippen molar-refractivity contribution < 1.29 is 9.53 Å². The van der Waals surface area contributed by atoms with Gasteiger partial charge in [0.05, 0.1) is 18.7 Å². The quantitative estimate of drug-likeness (QED) is 0.810. The smallest absolute Gasteiger partial charge is 0.323 e. The fourth-order valence-electron chi connectivity index (χ4n) is 2.04. The summed E-state index contributed by atoms with van der Waals surface area (Å²) in [5.74, 6) is -0.0388. The average molecular weight is 274 g/mol. The van der Waals surface area contributed by atoms with Crippen molar-refractivity contribution in [1.82, 2.24) is 5.32 Å². The molecular weight excluding hydrogens is 252 g/mol. The molecule has 0 aliphatic carbocycles. The third-order valence-electron chi connectivity index (χ3n) is 3.64. The Balaban J connectivity index is 2.81. The second-order valence-corrected chi connectivity index (χ2v) is 5.01. The van der Waals surface area contributed by atoms with E-state index in [2.05, 4.69) is 18.3 Å². The number of methoxy groups -OCH3 is 1. The molecule has 3 atom stereocenters. The summed E-state index contributed by atoms with van der Waals surface area (Å²) in [5.41, 5.74) is 1.67. The summed E-state index contributed by atoms with van der Waals surface area (Å²) in [5, 5.41) is 12.1. The highest BCUT2D eigenvalue weighted by atomic mass is 16.5. The van der Waals surface area contributed by atoms with Gasteiger partial charge in [0, 0.05) is 6.04 Å². The highest BCUT2D eigenvalue weighted by Crippen LogP contribution is 2.18. The molecule has 1 aromatic rings. The molecule has 3 unspecified atom stereocenters. The first kappa shape index (κ1) is 16.2. The third kappa shape index (κ3) is 4.07. The van der Waals surface area contributed by atoms with Crippen LogP contribution < -0.4 is 5.32 Å². The van der Waals surface area contributed by atoms with Gasteiger partial charge in [0.1, 0.15) is 6.04 Å². The van der Waals surface area contributed by atoms with Gasteiger partial charge in [-0.1, -0.05) is 32.4 Å². The maximum atomic E-state index is 11.9. The number of carbonyl (C=O) groups excluding carboxylic acids is 1. The van der Waals surface area contributed by atoms with Gasteiger partial charge < -0.3 is 4.74 Å². The summed E-state index contributed by atoms with van der Waals surface area (Å²) in [4.78, 5) is 11.9. The third-order valence-corrected chi connectivity index (χ3v) is 3.64. The molecule has 4 nitrogen and oxygen atoms in total. The van der Waals surface area contributed by atoms with Crippen molar-refractivity contribution in [2.45, 2.75) is 39.3 Å². The molecule has 0 saturated heterocycles. The van der Waals surface area contributed by atoms with E-state index >= 15 is 0 Å². The van der Waals surface area contributed by atoms with Gasteiger partial charge in [-0.15, -0.1) is 0 Å². The number of hydrogen-bond donors (Lipinski definition) is 1. The zero-order valence-electron chi connectivity index (χ0n) is 12.5. The van der Waals surface area contributed by atoms with Crippen molar-refractivity contribution in [1.29, 1.82) is 5.26 Å². The van der Waals surface area contributed by atoms with Gasteiger partial charge in [-0.3, -0.25) is 10.1 Å². The molecular formula is C16H22N2O2. The Morgan fingerprint density at radius 2 is 1.95 bits per heavy atom. The summed E-state index contributed by atoms with van der Waals surface area (Å²) in [6.45, 7) is 6.08. The summed E-state index contributed by atoms with van der Waals surface area (Å²) >= 11 is 0. The lowest BCUT2D eigenvalue weighted by molar-refractivity contribution is -0.144. The normalized spacial score (nSPS) is 14.9. The summed E-state index contributed by atoms with van der Waals surface area (Å²) in [6.07, 6.45) is 0.896. The molecule has 20 heavy (non-hydrogen) atoms. The number of carbonyl (C=O) groups is 1. The highest BCUT2D eigenvalue weighted by molar-refractivity contribution is 5.76. The molecule has 4 heteroatoms. The summed E-state index contributed by atoms with van der Waals surface area (Å²) in [7, 11) is 1.41. The first-order valence-corrected chi connectivity index (χ1v) is 6.87. The van der Waals surface area contributed by atoms with Crippen LogP contribution in [-0.4, -0.2) is 19.1 Å². The van der Waals surface area contributed by atoms with Gasteiger partial charge in [-0.25, -0.2) is 0 Å². The van der Waals surface area contributed by atoms with E-state index < -0.39 is 0 Å². The predicted octanol–water partition coefficient (Wildman–Crippen LogP) is 2.80. The maximum absolute atomic E-state index is 11.9. The highest BCUT2D eigenvalue weighted by Gasteiger charge is 2.26. The fourth-order valence-corrected chi connectivity index (χ4v) is 2.04. The zero-order valence-corrected chi connectivity index (χ0v) is 12.5. The van der Waals surface area contributed by atoms with Crippen LogP contribution in [-0.2, 0) is 9.53 Å². The Kier molecular flexibility index (Phi) is 6.20. The summed E-state index contributed by atoms with van der Waals surface area (Å²) in [6, 6.07) is 9.16. The van der Waals surface area contributed by atoms with Crippen molar-refractivity contribution >= 4 is 5.97 Å². The Labute approximate surface area is 120 Å². The molecule has 0 amide bonds. The van der Waals surface area contributed by atoms with E-state index in [0.717, 1.165) is 12.0 Å². The number of benzene rings is 1. The van der Waals surface area contributed by atoms with Crippen molar-refractivity contribution in [2.75, 3.05) is 7.11 Å². The molecule has 1 N–H and O–H groups in total. The van der Waals surface area contributed by atoms with Gasteiger partial charge in [-0.2, -0.15) is 5.26 Å². The first-order chi connectivity index (χ1) is 9.53.